The van der Waals surface area contributed by atoms with Gasteiger partial charge in [0, 0.05) is 22.3 Å². The molecule has 0 aliphatic rings. The summed E-state index contributed by atoms with van der Waals surface area (Å²) in [6, 6.07) is 7.62. The molecule has 21 heavy (non-hydrogen) atoms. The Balaban J connectivity index is 2.30. The van der Waals surface area contributed by atoms with Crippen molar-refractivity contribution in [2.75, 3.05) is 13.7 Å². The number of nitrogens with one attached hydrogen (secondary N) is 1. The molecule has 112 valence electrons. The van der Waals surface area contributed by atoms with Crippen LogP contribution in [0.3, 0.4) is 0 Å². The number of hydrogen-bond donors (Lipinski definition) is 1. The Labute approximate surface area is 135 Å². The van der Waals surface area contributed by atoms with Crippen LogP contribution in [0.1, 0.15) is 24.1 Å². The van der Waals surface area contributed by atoms with Gasteiger partial charge in [0.05, 0.1) is 13.3 Å². The maximum absolute atomic E-state index is 6.27. The lowest BCUT2D eigenvalue weighted by molar-refractivity contribution is 0.410. The Morgan fingerprint density at radius 3 is 2.57 bits per heavy atom. The molecule has 1 heterocycles. The van der Waals surface area contributed by atoms with Crippen LogP contribution in [0.15, 0.2) is 36.7 Å². The van der Waals surface area contributed by atoms with Gasteiger partial charge in [-0.1, -0.05) is 36.2 Å². The molecule has 1 atom stereocenters. The van der Waals surface area contributed by atoms with Crippen LogP contribution in [0.5, 0.6) is 5.75 Å². The SMILES string of the molecule is CCNC(Cc1c(Cl)cccc1Cl)c1cncc(OC)c1. The summed E-state index contributed by atoms with van der Waals surface area (Å²) in [6.07, 6.45) is 4.22. The Kier molecular flexibility index (Phi) is 5.85. The van der Waals surface area contributed by atoms with Gasteiger partial charge in [-0.05, 0) is 42.3 Å². The zero-order valence-corrected chi connectivity index (χ0v) is 13.6. The van der Waals surface area contributed by atoms with E-state index in [-0.39, 0.29) is 6.04 Å². The van der Waals surface area contributed by atoms with E-state index in [0.717, 1.165) is 23.4 Å². The van der Waals surface area contributed by atoms with E-state index in [0.29, 0.717) is 16.5 Å². The molecule has 0 aliphatic carbocycles. The van der Waals surface area contributed by atoms with Gasteiger partial charge in [-0.2, -0.15) is 0 Å². The first kappa shape index (κ1) is 16.1. The monoisotopic (exact) mass is 324 g/mol. The lowest BCUT2D eigenvalue weighted by Gasteiger charge is -2.20. The van der Waals surface area contributed by atoms with Crippen LogP contribution in [0, 0.1) is 0 Å². The minimum atomic E-state index is 0.0787. The van der Waals surface area contributed by atoms with Crippen LogP contribution < -0.4 is 10.1 Å². The fourth-order valence-electron chi connectivity index (χ4n) is 2.22. The van der Waals surface area contributed by atoms with E-state index >= 15 is 0 Å². The molecular weight excluding hydrogens is 307 g/mol. The zero-order chi connectivity index (χ0) is 15.2. The summed E-state index contributed by atoms with van der Waals surface area (Å²) in [5, 5.41) is 4.80. The number of methoxy groups -OCH3 is 1. The first-order valence-electron chi connectivity index (χ1n) is 6.81. The average Bonchev–Trinajstić information content (AvgIpc) is 2.50. The number of aromatic nitrogens is 1. The average molecular weight is 325 g/mol. The van der Waals surface area contributed by atoms with Crippen molar-refractivity contribution in [3.8, 4) is 5.75 Å². The lowest BCUT2D eigenvalue weighted by Crippen LogP contribution is -2.23. The summed E-state index contributed by atoms with van der Waals surface area (Å²) in [6.45, 7) is 2.90. The number of halogens is 2. The fraction of sp³-hybridized carbons (Fsp3) is 0.312. The highest BCUT2D eigenvalue weighted by Gasteiger charge is 2.16. The quantitative estimate of drug-likeness (QED) is 0.860. The second-order valence-corrected chi connectivity index (χ2v) is 5.49. The van der Waals surface area contributed by atoms with Crippen LogP contribution in [-0.2, 0) is 6.42 Å². The number of ether oxygens (including phenoxy) is 1. The van der Waals surface area contributed by atoms with Gasteiger partial charge < -0.3 is 10.1 Å². The predicted molar refractivity (Wildman–Crippen MR) is 87.4 cm³/mol. The third kappa shape index (κ3) is 4.10. The van der Waals surface area contributed by atoms with E-state index < -0.39 is 0 Å². The molecule has 1 N–H and O–H groups in total. The normalized spacial score (nSPS) is 12.2. The van der Waals surface area contributed by atoms with E-state index in [4.69, 9.17) is 27.9 Å². The summed E-state index contributed by atoms with van der Waals surface area (Å²) in [5.74, 6) is 0.737. The number of hydrogen-bond acceptors (Lipinski definition) is 3. The van der Waals surface area contributed by atoms with Crippen molar-refractivity contribution in [1.29, 1.82) is 0 Å². The molecule has 2 rings (SSSR count). The van der Waals surface area contributed by atoms with Crippen molar-refractivity contribution < 1.29 is 4.74 Å². The van der Waals surface area contributed by atoms with Crippen LogP contribution >= 0.6 is 23.2 Å². The third-order valence-corrected chi connectivity index (χ3v) is 4.00. The summed E-state index contributed by atoms with van der Waals surface area (Å²) in [7, 11) is 1.63. The molecule has 0 fully saturated rings. The van der Waals surface area contributed by atoms with Gasteiger partial charge in [0.1, 0.15) is 5.75 Å². The Morgan fingerprint density at radius 1 is 1.24 bits per heavy atom. The molecule has 1 unspecified atom stereocenters. The molecule has 0 radical (unpaired) electrons. The molecular formula is C16H18Cl2N2O. The Morgan fingerprint density at radius 2 is 1.95 bits per heavy atom. The molecule has 3 nitrogen and oxygen atoms in total. The summed E-state index contributed by atoms with van der Waals surface area (Å²) < 4.78 is 5.24. The topological polar surface area (TPSA) is 34.2 Å². The lowest BCUT2D eigenvalue weighted by atomic mass is 10.00. The van der Waals surface area contributed by atoms with Crippen LogP contribution in [0.25, 0.3) is 0 Å². The molecule has 0 bridgehead atoms. The van der Waals surface area contributed by atoms with Gasteiger partial charge in [-0.15, -0.1) is 0 Å². The molecule has 1 aromatic carbocycles. The second-order valence-electron chi connectivity index (χ2n) is 4.67. The van der Waals surface area contributed by atoms with Crippen LogP contribution in [0.4, 0.5) is 0 Å². The number of rotatable bonds is 6. The number of pyridine rings is 1. The zero-order valence-electron chi connectivity index (χ0n) is 12.1. The molecule has 2 aromatic rings. The number of benzene rings is 1. The van der Waals surface area contributed by atoms with Crippen molar-refractivity contribution in [3.63, 3.8) is 0 Å². The minimum Gasteiger partial charge on any atom is -0.495 e. The Bertz CT molecular complexity index is 584. The van der Waals surface area contributed by atoms with Crippen LogP contribution in [0.2, 0.25) is 10.0 Å². The van der Waals surface area contributed by atoms with E-state index in [2.05, 4.69) is 17.2 Å². The Hall–Kier alpha value is -1.29. The van der Waals surface area contributed by atoms with Crippen molar-refractivity contribution in [3.05, 3.63) is 57.8 Å². The summed E-state index contributed by atoms with van der Waals surface area (Å²) >= 11 is 12.5. The molecule has 1 aromatic heterocycles. The predicted octanol–water partition coefficient (Wildman–Crippen LogP) is 4.29. The largest absolute Gasteiger partial charge is 0.495 e. The van der Waals surface area contributed by atoms with Gasteiger partial charge >= 0.3 is 0 Å². The fourth-order valence-corrected chi connectivity index (χ4v) is 2.78. The molecule has 0 spiro atoms. The van der Waals surface area contributed by atoms with Crippen molar-refractivity contribution in [1.82, 2.24) is 10.3 Å². The second kappa shape index (κ2) is 7.64. The van der Waals surface area contributed by atoms with E-state index in [1.807, 2.05) is 30.5 Å². The third-order valence-electron chi connectivity index (χ3n) is 3.29. The maximum atomic E-state index is 6.27. The van der Waals surface area contributed by atoms with Gasteiger partial charge in [0.2, 0.25) is 0 Å². The smallest absolute Gasteiger partial charge is 0.137 e. The van der Waals surface area contributed by atoms with Gasteiger partial charge in [0.15, 0.2) is 0 Å². The summed E-state index contributed by atoms with van der Waals surface area (Å²) in [4.78, 5) is 4.21. The highest BCUT2D eigenvalue weighted by molar-refractivity contribution is 6.36. The van der Waals surface area contributed by atoms with E-state index in [1.54, 1.807) is 13.3 Å². The first-order valence-corrected chi connectivity index (χ1v) is 7.56. The molecule has 5 heteroatoms. The van der Waals surface area contributed by atoms with E-state index in [9.17, 15) is 0 Å². The number of nitrogens with zero attached hydrogens (tertiary/aromatic N) is 1. The molecule has 0 amide bonds. The van der Waals surface area contributed by atoms with Crippen LogP contribution in [-0.4, -0.2) is 18.6 Å². The molecule has 0 saturated heterocycles. The highest BCUT2D eigenvalue weighted by atomic mass is 35.5. The van der Waals surface area contributed by atoms with Crippen molar-refractivity contribution in [2.24, 2.45) is 0 Å². The minimum absolute atomic E-state index is 0.0787. The summed E-state index contributed by atoms with van der Waals surface area (Å²) in [5.41, 5.74) is 1.99. The molecule has 0 saturated carbocycles. The maximum Gasteiger partial charge on any atom is 0.137 e. The van der Waals surface area contributed by atoms with Crippen molar-refractivity contribution in [2.45, 2.75) is 19.4 Å². The highest BCUT2D eigenvalue weighted by Crippen LogP contribution is 2.30. The van der Waals surface area contributed by atoms with E-state index in [1.165, 1.54) is 0 Å². The standard InChI is InChI=1S/C16H18Cl2N2O/c1-3-20-16(11-7-12(21-2)10-19-9-11)8-13-14(17)5-4-6-15(13)18/h4-7,9-10,16,20H,3,8H2,1-2H3. The first-order chi connectivity index (χ1) is 10.2. The molecule has 0 aliphatic heterocycles. The van der Waals surface area contributed by atoms with Gasteiger partial charge in [-0.3, -0.25) is 4.98 Å². The van der Waals surface area contributed by atoms with Crippen molar-refractivity contribution >= 4 is 23.2 Å². The number of likely N-dealkylation sites (N-methyl/N-ethyl adjacent to an activating group) is 1. The van der Waals surface area contributed by atoms with Gasteiger partial charge in [0.25, 0.3) is 0 Å². The van der Waals surface area contributed by atoms with Gasteiger partial charge in [-0.25, -0.2) is 0 Å².